The molecule has 2 aliphatic rings. The molecule has 0 saturated heterocycles. The van der Waals surface area contributed by atoms with Crippen LogP contribution in [0.3, 0.4) is 0 Å². The highest BCUT2D eigenvalue weighted by Gasteiger charge is 2.25. The summed E-state index contributed by atoms with van der Waals surface area (Å²) in [7, 11) is 0. The molecule has 1 aromatic rings. The Bertz CT molecular complexity index is 503. The topological polar surface area (TPSA) is 61.4 Å². The van der Waals surface area contributed by atoms with Crippen molar-refractivity contribution in [3.8, 4) is 0 Å². The minimum absolute atomic E-state index is 0.0876. The molecule has 1 amide bonds. The summed E-state index contributed by atoms with van der Waals surface area (Å²) in [5.41, 5.74) is 2.56. The molecule has 3 unspecified atom stereocenters. The van der Waals surface area contributed by atoms with Gasteiger partial charge in [0.1, 0.15) is 0 Å². The fourth-order valence-corrected chi connectivity index (χ4v) is 3.46. The van der Waals surface area contributed by atoms with Gasteiger partial charge in [0.15, 0.2) is 0 Å². The fraction of sp³-hybridized carbons (Fsp3) is 0.588. The average Bonchev–Trinajstić information content (AvgIpc) is 2.52. The Morgan fingerprint density at radius 1 is 1.29 bits per heavy atom. The third kappa shape index (κ3) is 3.63. The van der Waals surface area contributed by atoms with E-state index in [2.05, 4.69) is 22.8 Å². The van der Waals surface area contributed by atoms with E-state index in [9.17, 15) is 9.90 Å². The maximum Gasteiger partial charge on any atom is 0.237 e. The van der Waals surface area contributed by atoms with Gasteiger partial charge in [-0.05, 0) is 42.7 Å². The van der Waals surface area contributed by atoms with Gasteiger partial charge in [-0.15, -0.1) is 0 Å². The van der Waals surface area contributed by atoms with Gasteiger partial charge in [0.05, 0.1) is 12.1 Å². The highest BCUT2D eigenvalue weighted by atomic mass is 16.3. The first kappa shape index (κ1) is 14.5. The van der Waals surface area contributed by atoms with Crippen molar-refractivity contribution in [1.29, 1.82) is 0 Å². The van der Waals surface area contributed by atoms with E-state index >= 15 is 0 Å². The number of nitrogens with one attached hydrogen (secondary N) is 2. The second kappa shape index (κ2) is 6.58. The van der Waals surface area contributed by atoms with Crippen LogP contribution < -0.4 is 10.6 Å². The summed E-state index contributed by atoms with van der Waals surface area (Å²) in [6.45, 7) is 1.45. The molecule has 1 aromatic carbocycles. The van der Waals surface area contributed by atoms with E-state index < -0.39 is 0 Å². The molecule has 1 heterocycles. The minimum Gasteiger partial charge on any atom is -0.393 e. The monoisotopic (exact) mass is 288 g/mol. The van der Waals surface area contributed by atoms with Gasteiger partial charge in [-0.2, -0.15) is 0 Å². The highest BCUT2D eigenvalue weighted by Crippen LogP contribution is 2.23. The van der Waals surface area contributed by atoms with Crippen molar-refractivity contribution in [3.05, 3.63) is 35.4 Å². The van der Waals surface area contributed by atoms with Crippen LogP contribution in [0, 0.1) is 5.92 Å². The zero-order valence-electron chi connectivity index (χ0n) is 12.3. The Labute approximate surface area is 125 Å². The Morgan fingerprint density at radius 2 is 2.10 bits per heavy atom. The molecule has 3 atom stereocenters. The second-order valence-corrected chi connectivity index (χ2v) is 6.34. The average molecular weight is 288 g/mol. The number of rotatable bonds is 3. The Kier molecular flexibility index (Phi) is 4.56. The molecule has 0 radical (unpaired) electrons. The van der Waals surface area contributed by atoms with Crippen molar-refractivity contribution >= 4 is 5.91 Å². The number of fused-ring (bicyclic) bond motifs is 1. The number of hydrogen-bond acceptors (Lipinski definition) is 3. The van der Waals surface area contributed by atoms with Gasteiger partial charge in [0.2, 0.25) is 5.91 Å². The zero-order valence-corrected chi connectivity index (χ0v) is 12.3. The van der Waals surface area contributed by atoms with Crippen LogP contribution in [0.4, 0.5) is 0 Å². The van der Waals surface area contributed by atoms with Gasteiger partial charge in [-0.3, -0.25) is 4.79 Å². The lowest BCUT2D eigenvalue weighted by molar-refractivity contribution is -0.123. The van der Waals surface area contributed by atoms with Crippen LogP contribution in [-0.4, -0.2) is 29.7 Å². The van der Waals surface area contributed by atoms with E-state index in [-0.39, 0.29) is 18.1 Å². The minimum atomic E-state index is -0.180. The van der Waals surface area contributed by atoms with Crippen molar-refractivity contribution in [3.63, 3.8) is 0 Å². The second-order valence-electron chi connectivity index (χ2n) is 6.34. The van der Waals surface area contributed by atoms with Crippen LogP contribution in [0.2, 0.25) is 0 Å². The third-order valence-electron chi connectivity index (χ3n) is 4.72. The SMILES string of the molecule is O=C(NCC1CCCC(O)C1)C1Cc2ccccc2CN1. The number of benzene rings is 1. The maximum atomic E-state index is 12.3. The predicted molar refractivity (Wildman–Crippen MR) is 81.7 cm³/mol. The molecule has 1 fully saturated rings. The number of amides is 1. The van der Waals surface area contributed by atoms with Gasteiger partial charge in [0, 0.05) is 13.1 Å². The largest absolute Gasteiger partial charge is 0.393 e. The molecule has 3 rings (SSSR count). The number of carbonyl (C=O) groups excluding carboxylic acids is 1. The maximum absolute atomic E-state index is 12.3. The summed E-state index contributed by atoms with van der Waals surface area (Å²) in [6, 6.07) is 8.15. The lowest BCUT2D eigenvalue weighted by Gasteiger charge is -2.28. The normalized spacial score (nSPS) is 28.7. The van der Waals surface area contributed by atoms with Gasteiger partial charge in [-0.25, -0.2) is 0 Å². The first-order valence-electron chi connectivity index (χ1n) is 7.98. The molecular weight excluding hydrogens is 264 g/mol. The Morgan fingerprint density at radius 3 is 2.90 bits per heavy atom. The van der Waals surface area contributed by atoms with E-state index in [1.165, 1.54) is 11.1 Å². The van der Waals surface area contributed by atoms with Crippen LogP contribution >= 0.6 is 0 Å². The smallest absolute Gasteiger partial charge is 0.237 e. The summed E-state index contributed by atoms with van der Waals surface area (Å²) in [4.78, 5) is 12.3. The van der Waals surface area contributed by atoms with E-state index in [0.717, 1.165) is 38.6 Å². The van der Waals surface area contributed by atoms with Crippen molar-refractivity contribution in [1.82, 2.24) is 10.6 Å². The van der Waals surface area contributed by atoms with E-state index in [4.69, 9.17) is 0 Å². The Hall–Kier alpha value is -1.39. The quantitative estimate of drug-likeness (QED) is 0.787. The number of aliphatic hydroxyl groups is 1. The zero-order chi connectivity index (χ0) is 14.7. The van der Waals surface area contributed by atoms with Crippen LogP contribution in [-0.2, 0) is 17.8 Å². The summed E-state index contributed by atoms with van der Waals surface area (Å²) in [5, 5.41) is 16.0. The molecule has 3 N–H and O–H groups in total. The molecule has 4 heteroatoms. The molecule has 21 heavy (non-hydrogen) atoms. The van der Waals surface area contributed by atoms with Crippen LogP contribution in [0.25, 0.3) is 0 Å². The van der Waals surface area contributed by atoms with E-state index in [0.29, 0.717) is 12.5 Å². The van der Waals surface area contributed by atoms with Crippen molar-refractivity contribution in [2.24, 2.45) is 5.92 Å². The summed E-state index contributed by atoms with van der Waals surface area (Å²) >= 11 is 0. The summed E-state index contributed by atoms with van der Waals surface area (Å²) in [6.07, 6.45) is 4.48. The van der Waals surface area contributed by atoms with Gasteiger partial charge >= 0.3 is 0 Å². The van der Waals surface area contributed by atoms with E-state index in [1.54, 1.807) is 0 Å². The molecule has 114 valence electrons. The molecule has 0 aromatic heterocycles. The first-order valence-corrected chi connectivity index (χ1v) is 7.98. The predicted octanol–water partition coefficient (Wildman–Crippen LogP) is 1.37. The van der Waals surface area contributed by atoms with Crippen molar-refractivity contribution in [2.45, 2.75) is 50.8 Å². The first-order chi connectivity index (χ1) is 10.2. The van der Waals surface area contributed by atoms with E-state index in [1.807, 2.05) is 12.1 Å². The van der Waals surface area contributed by atoms with Crippen molar-refractivity contribution in [2.75, 3.05) is 6.54 Å². The fourth-order valence-electron chi connectivity index (χ4n) is 3.46. The number of carbonyl (C=O) groups is 1. The third-order valence-corrected chi connectivity index (χ3v) is 4.72. The summed E-state index contributed by atoms with van der Waals surface area (Å²) < 4.78 is 0. The van der Waals surface area contributed by atoms with Crippen LogP contribution in [0.5, 0.6) is 0 Å². The highest BCUT2D eigenvalue weighted by molar-refractivity contribution is 5.82. The number of hydrogen-bond donors (Lipinski definition) is 3. The van der Waals surface area contributed by atoms with Gasteiger partial charge in [-0.1, -0.05) is 30.7 Å². The summed E-state index contributed by atoms with van der Waals surface area (Å²) in [5.74, 6) is 0.512. The number of aliphatic hydroxyl groups excluding tert-OH is 1. The Balaban J connectivity index is 1.50. The lowest BCUT2D eigenvalue weighted by atomic mass is 9.87. The van der Waals surface area contributed by atoms with Gasteiger partial charge < -0.3 is 15.7 Å². The molecule has 1 saturated carbocycles. The molecule has 0 spiro atoms. The molecular formula is C17H24N2O2. The lowest BCUT2D eigenvalue weighted by Crippen LogP contribution is -2.48. The van der Waals surface area contributed by atoms with Crippen molar-refractivity contribution < 1.29 is 9.90 Å². The molecule has 1 aliphatic carbocycles. The van der Waals surface area contributed by atoms with Crippen LogP contribution in [0.15, 0.2) is 24.3 Å². The molecule has 0 bridgehead atoms. The van der Waals surface area contributed by atoms with Crippen LogP contribution in [0.1, 0.15) is 36.8 Å². The standard InChI is InChI=1S/C17H24N2O2/c20-15-7-3-4-12(8-15)10-19-17(21)16-9-13-5-1-2-6-14(13)11-18-16/h1-2,5-6,12,15-16,18,20H,3-4,7-11H2,(H,19,21). The molecule has 1 aliphatic heterocycles. The van der Waals surface area contributed by atoms with Gasteiger partial charge in [0.25, 0.3) is 0 Å². The molecule has 4 nitrogen and oxygen atoms in total.